The summed E-state index contributed by atoms with van der Waals surface area (Å²) >= 11 is 5.14. The highest BCUT2D eigenvalue weighted by atomic mass is 32.1. The van der Waals surface area contributed by atoms with Gasteiger partial charge in [-0.05, 0) is 36.0 Å². The zero-order valence-electron chi connectivity index (χ0n) is 13.2. The van der Waals surface area contributed by atoms with E-state index in [1.165, 1.54) is 0 Å². The summed E-state index contributed by atoms with van der Waals surface area (Å²) in [5.41, 5.74) is 7.93. The van der Waals surface area contributed by atoms with Gasteiger partial charge in [0.1, 0.15) is 0 Å². The Bertz CT molecular complexity index is 673. The predicted molar refractivity (Wildman–Crippen MR) is 97.3 cm³/mol. The van der Waals surface area contributed by atoms with Gasteiger partial charge < -0.3 is 10.2 Å². The Morgan fingerprint density at radius 3 is 2.48 bits per heavy atom. The van der Waals surface area contributed by atoms with E-state index in [1.54, 1.807) is 6.07 Å². The number of rotatable bonds is 4. The lowest BCUT2D eigenvalue weighted by Gasteiger charge is -2.14. The zero-order chi connectivity index (χ0) is 16.7. The molecule has 2 aromatic carbocycles. The first-order chi connectivity index (χ1) is 11.1. The second-order valence-electron chi connectivity index (χ2n) is 5.19. The fourth-order valence-corrected chi connectivity index (χ4v) is 2.06. The lowest BCUT2D eigenvalue weighted by molar-refractivity contribution is 0.0943. The van der Waals surface area contributed by atoms with Crippen LogP contribution in [0.4, 0.5) is 5.69 Å². The number of benzene rings is 2. The summed E-state index contributed by atoms with van der Waals surface area (Å²) in [6, 6.07) is 17.2. The molecule has 0 aliphatic heterocycles. The maximum absolute atomic E-state index is 12.1. The van der Waals surface area contributed by atoms with Gasteiger partial charge in [-0.3, -0.25) is 15.6 Å². The van der Waals surface area contributed by atoms with Crippen LogP contribution in [0, 0.1) is 0 Å². The summed E-state index contributed by atoms with van der Waals surface area (Å²) in [6.07, 6.45) is 0. The van der Waals surface area contributed by atoms with Crippen LogP contribution in [0.15, 0.2) is 54.6 Å². The van der Waals surface area contributed by atoms with Crippen LogP contribution in [0.3, 0.4) is 0 Å². The molecule has 23 heavy (non-hydrogen) atoms. The minimum absolute atomic E-state index is 0.238. The molecule has 0 aromatic heterocycles. The van der Waals surface area contributed by atoms with Crippen LogP contribution in [-0.4, -0.2) is 25.1 Å². The Hall–Kier alpha value is -2.60. The van der Waals surface area contributed by atoms with Gasteiger partial charge in [-0.15, -0.1) is 0 Å². The van der Waals surface area contributed by atoms with Gasteiger partial charge in [0.25, 0.3) is 5.91 Å². The third-order valence-electron chi connectivity index (χ3n) is 3.21. The summed E-state index contributed by atoms with van der Waals surface area (Å²) < 4.78 is 0. The Balaban J connectivity index is 1.82. The lowest BCUT2D eigenvalue weighted by atomic mass is 10.2. The highest BCUT2D eigenvalue weighted by Crippen LogP contribution is 2.12. The lowest BCUT2D eigenvalue weighted by Crippen LogP contribution is -2.46. The summed E-state index contributed by atoms with van der Waals surface area (Å²) in [7, 11) is 3.86. The maximum Gasteiger partial charge on any atom is 0.269 e. The minimum Gasteiger partial charge on any atom is -0.378 e. The van der Waals surface area contributed by atoms with E-state index >= 15 is 0 Å². The SMILES string of the molecule is CN(C)c1cccc(C(=O)NNC(=S)NCc2ccccc2)c1. The van der Waals surface area contributed by atoms with Crippen molar-refractivity contribution in [2.24, 2.45) is 0 Å². The monoisotopic (exact) mass is 328 g/mol. The standard InChI is InChI=1S/C17H20N4OS/c1-21(2)15-10-6-9-14(11-15)16(22)19-20-17(23)18-12-13-7-4-3-5-8-13/h3-11H,12H2,1-2H3,(H,19,22)(H2,18,20,23). The number of thiocarbonyl (C=S) groups is 1. The van der Waals surface area contributed by atoms with Crippen molar-refractivity contribution in [2.45, 2.75) is 6.54 Å². The number of hydrogen-bond donors (Lipinski definition) is 3. The van der Waals surface area contributed by atoms with Gasteiger partial charge in [0.05, 0.1) is 0 Å². The Morgan fingerprint density at radius 1 is 1.04 bits per heavy atom. The van der Waals surface area contributed by atoms with Crippen LogP contribution in [0.2, 0.25) is 0 Å². The fourth-order valence-electron chi connectivity index (χ4n) is 1.93. The largest absolute Gasteiger partial charge is 0.378 e. The smallest absolute Gasteiger partial charge is 0.269 e. The summed E-state index contributed by atoms with van der Waals surface area (Å²) in [6.45, 7) is 0.596. The van der Waals surface area contributed by atoms with E-state index in [2.05, 4.69) is 16.2 Å². The van der Waals surface area contributed by atoms with E-state index in [4.69, 9.17) is 12.2 Å². The first kappa shape index (κ1) is 16.8. The minimum atomic E-state index is -0.238. The molecule has 0 heterocycles. The Morgan fingerprint density at radius 2 is 1.78 bits per heavy atom. The van der Waals surface area contributed by atoms with Gasteiger partial charge in [0, 0.05) is 31.9 Å². The normalized spacial score (nSPS) is 9.83. The summed E-state index contributed by atoms with van der Waals surface area (Å²) in [5.74, 6) is -0.238. The number of hydrazine groups is 1. The van der Waals surface area contributed by atoms with Gasteiger partial charge in [-0.2, -0.15) is 0 Å². The van der Waals surface area contributed by atoms with E-state index in [0.29, 0.717) is 17.2 Å². The topological polar surface area (TPSA) is 56.4 Å². The van der Waals surface area contributed by atoms with Crippen LogP contribution in [0.25, 0.3) is 0 Å². The second kappa shape index (κ2) is 8.14. The molecular weight excluding hydrogens is 308 g/mol. The molecule has 0 fully saturated rings. The van der Waals surface area contributed by atoms with Gasteiger partial charge >= 0.3 is 0 Å². The van der Waals surface area contributed by atoms with Crippen molar-refractivity contribution in [3.8, 4) is 0 Å². The van der Waals surface area contributed by atoms with Crippen LogP contribution >= 0.6 is 12.2 Å². The van der Waals surface area contributed by atoms with E-state index in [0.717, 1.165) is 11.3 Å². The molecule has 5 nitrogen and oxygen atoms in total. The molecule has 120 valence electrons. The molecule has 0 aliphatic carbocycles. The maximum atomic E-state index is 12.1. The van der Waals surface area contributed by atoms with Crippen LogP contribution < -0.4 is 21.1 Å². The third-order valence-corrected chi connectivity index (χ3v) is 3.46. The first-order valence-corrected chi connectivity index (χ1v) is 7.62. The molecule has 0 saturated carbocycles. The number of nitrogens with zero attached hydrogens (tertiary/aromatic N) is 1. The number of nitrogens with one attached hydrogen (secondary N) is 3. The van der Waals surface area contributed by atoms with Crippen molar-refractivity contribution in [2.75, 3.05) is 19.0 Å². The molecule has 2 aromatic rings. The third kappa shape index (κ3) is 5.27. The van der Waals surface area contributed by atoms with Gasteiger partial charge in [0.15, 0.2) is 5.11 Å². The van der Waals surface area contributed by atoms with E-state index in [9.17, 15) is 4.79 Å². The van der Waals surface area contributed by atoms with Crippen molar-refractivity contribution in [3.05, 3.63) is 65.7 Å². The van der Waals surface area contributed by atoms with Crippen molar-refractivity contribution in [1.29, 1.82) is 0 Å². The molecule has 6 heteroatoms. The average molecular weight is 328 g/mol. The van der Waals surface area contributed by atoms with Crippen LogP contribution in [0.1, 0.15) is 15.9 Å². The zero-order valence-corrected chi connectivity index (χ0v) is 14.0. The molecule has 3 N–H and O–H groups in total. The Labute approximate surface area is 141 Å². The second-order valence-corrected chi connectivity index (χ2v) is 5.60. The summed E-state index contributed by atoms with van der Waals surface area (Å²) in [4.78, 5) is 14.1. The van der Waals surface area contributed by atoms with Crippen molar-refractivity contribution in [3.63, 3.8) is 0 Å². The number of carbonyl (C=O) groups is 1. The van der Waals surface area contributed by atoms with Crippen LogP contribution in [-0.2, 0) is 6.54 Å². The Kier molecular flexibility index (Phi) is 5.94. The molecule has 0 aliphatic rings. The number of hydrogen-bond acceptors (Lipinski definition) is 3. The van der Waals surface area contributed by atoms with Crippen LogP contribution in [0.5, 0.6) is 0 Å². The van der Waals surface area contributed by atoms with Gasteiger partial charge in [-0.25, -0.2) is 0 Å². The molecular formula is C17H20N4OS. The van der Waals surface area contributed by atoms with E-state index in [-0.39, 0.29) is 5.91 Å². The quantitative estimate of drug-likeness (QED) is 0.592. The highest BCUT2D eigenvalue weighted by Gasteiger charge is 2.07. The molecule has 0 radical (unpaired) electrons. The predicted octanol–water partition coefficient (Wildman–Crippen LogP) is 2.06. The molecule has 0 bridgehead atoms. The first-order valence-electron chi connectivity index (χ1n) is 7.22. The number of amides is 1. The van der Waals surface area contributed by atoms with E-state index < -0.39 is 0 Å². The molecule has 0 spiro atoms. The van der Waals surface area contributed by atoms with Gasteiger partial charge in [-0.1, -0.05) is 36.4 Å². The average Bonchev–Trinajstić information content (AvgIpc) is 2.58. The number of carbonyl (C=O) groups excluding carboxylic acids is 1. The molecule has 0 atom stereocenters. The molecule has 2 rings (SSSR count). The molecule has 0 saturated heterocycles. The highest BCUT2D eigenvalue weighted by molar-refractivity contribution is 7.80. The molecule has 0 unspecified atom stereocenters. The van der Waals surface area contributed by atoms with E-state index in [1.807, 2.05) is 67.5 Å². The van der Waals surface area contributed by atoms with Crippen molar-refractivity contribution < 1.29 is 4.79 Å². The van der Waals surface area contributed by atoms with Gasteiger partial charge in [0.2, 0.25) is 0 Å². The van der Waals surface area contributed by atoms with Crippen molar-refractivity contribution >= 4 is 28.9 Å². The van der Waals surface area contributed by atoms with Crippen molar-refractivity contribution in [1.82, 2.24) is 16.2 Å². The number of anilines is 1. The summed E-state index contributed by atoms with van der Waals surface area (Å²) in [5, 5.41) is 3.40. The fraction of sp³-hybridized carbons (Fsp3) is 0.176. The molecule has 1 amide bonds.